The van der Waals surface area contributed by atoms with E-state index in [2.05, 4.69) is 26.1 Å². The van der Waals surface area contributed by atoms with E-state index in [0.29, 0.717) is 46.8 Å². The third-order valence-electron chi connectivity index (χ3n) is 6.02. The number of azo groups is 1. The lowest BCUT2D eigenvalue weighted by Crippen LogP contribution is -2.22. The molecule has 0 atom stereocenters. The largest absolute Gasteiger partial charge is 0.455 e. The van der Waals surface area contributed by atoms with Crippen molar-refractivity contribution in [2.45, 2.75) is 26.2 Å². The molecule has 1 heterocycles. The molecule has 2 amide bonds. The van der Waals surface area contributed by atoms with E-state index >= 15 is 0 Å². The summed E-state index contributed by atoms with van der Waals surface area (Å²) >= 11 is 0. The van der Waals surface area contributed by atoms with Gasteiger partial charge in [0.1, 0.15) is 5.76 Å². The summed E-state index contributed by atoms with van der Waals surface area (Å²) in [4.78, 5) is 25.5. The molecule has 184 valence electrons. The second-order valence-electron chi connectivity index (χ2n) is 8.61. The van der Waals surface area contributed by atoms with Crippen LogP contribution in [0.5, 0.6) is 0 Å². The molecule has 5 rings (SSSR count). The second kappa shape index (κ2) is 10.8. The van der Waals surface area contributed by atoms with E-state index in [9.17, 15) is 9.59 Å². The van der Waals surface area contributed by atoms with Crippen LogP contribution in [-0.4, -0.2) is 17.5 Å². The van der Waals surface area contributed by atoms with Crippen LogP contribution < -0.4 is 10.7 Å². The molecule has 1 aliphatic carbocycles. The first-order valence-electron chi connectivity index (χ1n) is 12.0. The van der Waals surface area contributed by atoms with Crippen LogP contribution in [0.1, 0.15) is 50.6 Å². The van der Waals surface area contributed by atoms with E-state index in [4.69, 9.17) is 4.42 Å². The van der Waals surface area contributed by atoms with Gasteiger partial charge >= 0.3 is 0 Å². The molecule has 2 N–H and O–H groups in total. The van der Waals surface area contributed by atoms with Crippen LogP contribution in [0, 0.1) is 6.92 Å². The number of rotatable bonds is 6. The first kappa shape index (κ1) is 23.9. The lowest BCUT2D eigenvalue weighted by Gasteiger charge is -2.13. The zero-order valence-electron chi connectivity index (χ0n) is 20.3. The fraction of sp³-hybridized carbons (Fsp3) is 0.138. The normalized spacial score (nSPS) is 13.9. The van der Waals surface area contributed by atoms with Gasteiger partial charge in [-0.15, -0.1) is 0 Å². The maximum atomic E-state index is 13.0. The van der Waals surface area contributed by atoms with Crippen LogP contribution in [0.15, 0.2) is 105 Å². The minimum atomic E-state index is -0.349. The van der Waals surface area contributed by atoms with Crippen molar-refractivity contribution < 1.29 is 14.0 Å². The van der Waals surface area contributed by atoms with Crippen molar-refractivity contribution in [2.24, 2.45) is 15.3 Å². The van der Waals surface area contributed by atoms with Gasteiger partial charge < -0.3 is 9.73 Å². The van der Waals surface area contributed by atoms with E-state index in [-0.39, 0.29) is 17.6 Å². The van der Waals surface area contributed by atoms with E-state index < -0.39 is 0 Å². The van der Waals surface area contributed by atoms with Crippen LogP contribution in [0.25, 0.3) is 0 Å². The Hall–Kier alpha value is -4.85. The maximum absolute atomic E-state index is 13.0. The Bertz CT molecular complexity index is 1470. The van der Waals surface area contributed by atoms with Crippen molar-refractivity contribution >= 4 is 34.6 Å². The van der Waals surface area contributed by atoms with Crippen LogP contribution in [0.2, 0.25) is 0 Å². The van der Waals surface area contributed by atoms with Crippen molar-refractivity contribution in [3.63, 3.8) is 0 Å². The summed E-state index contributed by atoms with van der Waals surface area (Å²) in [5.41, 5.74) is 7.41. The number of carbonyl (C=O) groups is 2. The van der Waals surface area contributed by atoms with Crippen LogP contribution in [-0.2, 0) is 6.42 Å². The quantitative estimate of drug-likeness (QED) is 0.231. The van der Waals surface area contributed by atoms with Gasteiger partial charge in [-0.3, -0.25) is 9.59 Å². The minimum absolute atomic E-state index is 0.238. The highest BCUT2D eigenvalue weighted by Gasteiger charge is 2.28. The zero-order valence-corrected chi connectivity index (χ0v) is 20.3. The van der Waals surface area contributed by atoms with Crippen molar-refractivity contribution in [2.75, 3.05) is 5.32 Å². The van der Waals surface area contributed by atoms with E-state index in [1.807, 2.05) is 43.3 Å². The van der Waals surface area contributed by atoms with Crippen LogP contribution >= 0.6 is 0 Å². The minimum Gasteiger partial charge on any atom is -0.455 e. The molecule has 0 unspecified atom stereocenters. The van der Waals surface area contributed by atoms with E-state index in [1.54, 1.807) is 48.5 Å². The predicted octanol–water partition coefficient (Wildman–Crippen LogP) is 6.73. The molecule has 0 bridgehead atoms. The Labute approximate surface area is 214 Å². The summed E-state index contributed by atoms with van der Waals surface area (Å²) in [6.07, 6.45) is 2.21. The summed E-state index contributed by atoms with van der Waals surface area (Å²) in [6, 6.07) is 25.5. The summed E-state index contributed by atoms with van der Waals surface area (Å²) in [5, 5.41) is 15.7. The van der Waals surface area contributed by atoms with Crippen molar-refractivity contribution in [3.05, 3.63) is 113 Å². The van der Waals surface area contributed by atoms with E-state index in [0.717, 1.165) is 17.7 Å². The molecule has 0 saturated carbocycles. The van der Waals surface area contributed by atoms with Gasteiger partial charge in [0.15, 0.2) is 5.76 Å². The molecular formula is C29H25N5O3. The molecule has 8 heteroatoms. The highest BCUT2D eigenvalue weighted by atomic mass is 16.4. The molecule has 37 heavy (non-hydrogen) atoms. The Balaban J connectivity index is 1.29. The number of anilines is 1. The number of hydrogen-bond acceptors (Lipinski definition) is 6. The number of nitrogens with zero attached hydrogens (tertiary/aromatic N) is 3. The zero-order chi connectivity index (χ0) is 25.6. The van der Waals surface area contributed by atoms with Crippen molar-refractivity contribution in [1.82, 2.24) is 5.43 Å². The van der Waals surface area contributed by atoms with Crippen molar-refractivity contribution in [1.29, 1.82) is 0 Å². The number of nitrogens with one attached hydrogen (secondary N) is 2. The van der Waals surface area contributed by atoms with E-state index in [1.165, 1.54) is 0 Å². The van der Waals surface area contributed by atoms with Gasteiger partial charge in [-0.05, 0) is 68.3 Å². The topological polar surface area (TPSA) is 108 Å². The third kappa shape index (κ3) is 5.54. The molecule has 8 nitrogen and oxygen atoms in total. The summed E-state index contributed by atoms with van der Waals surface area (Å²) < 4.78 is 5.96. The van der Waals surface area contributed by atoms with Crippen LogP contribution in [0.3, 0.4) is 0 Å². The number of amides is 2. The molecule has 3 aromatic carbocycles. The van der Waals surface area contributed by atoms with Gasteiger partial charge in [0.25, 0.3) is 11.8 Å². The monoisotopic (exact) mass is 491 g/mol. The van der Waals surface area contributed by atoms with Gasteiger partial charge in [0, 0.05) is 28.8 Å². The summed E-state index contributed by atoms with van der Waals surface area (Å²) in [7, 11) is 0. The second-order valence-corrected chi connectivity index (χ2v) is 8.61. The molecule has 0 radical (unpaired) electrons. The van der Waals surface area contributed by atoms with Gasteiger partial charge in [-0.25, -0.2) is 5.43 Å². The van der Waals surface area contributed by atoms with Crippen LogP contribution in [0.4, 0.5) is 17.1 Å². The van der Waals surface area contributed by atoms with Gasteiger partial charge in [-0.1, -0.05) is 36.4 Å². The number of hydrazone groups is 1. The molecule has 0 fully saturated rings. The molecule has 0 spiro atoms. The number of fused-ring (bicyclic) bond motifs is 1. The number of furan rings is 1. The lowest BCUT2D eigenvalue weighted by molar-refractivity contribution is 0.0953. The number of hydrogen-bond donors (Lipinski definition) is 2. The SMILES string of the molecule is Cc1c(C(=O)Nc2ccc(N=Nc3ccccc3)cc2)oc2c1C(=NNC(=O)c1ccccc1)CCC2. The fourth-order valence-corrected chi connectivity index (χ4v) is 4.18. The standard InChI is InChI=1S/C29H25N5O3/c1-19-26-24(33-34-28(35)20-9-4-2-5-10-20)13-8-14-25(26)37-27(19)29(36)30-21-15-17-23(18-16-21)32-31-22-11-6-3-7-12-22/h2-7,9-12,15-18H,8,13-14H2,1H3,(H,30,36)(H,34,35). The fourth-order valence-electron chi connectivity index (χ4n) is 4.18. The molecular weight excluding hydrogens is 466 g/mol. The Morgan fingerprint density at radius 1 is 0.784 bits per heavy atom. The first-order valence-corrected chi connectivity index (χ1v) is 12.0. The average molecular weight is 492 g/mol. The maximum Gasteiger partial charge on any atom is 0.291 e. The Morgan fingerprint density at radius 2 is 1.43 bits per heavy atom. The number of aryl methyl sites for hydroxylation is 1. The predicted molar refractivity (Wildman–Crippen MR) is 142 cm³/mol. The van der Waals surface area contributed by atoms with Crippen molar-refractivity contribution in [3.8, 4) is 0 Å². The lowest BCUT2D eigenvalue weighted by atomic mass is 9.93. The smallest absolute Gasteiger partial charge is 0.291 e. The molecule has 1 aromatic heterocycles. The first-order chi connectivity index (χ1) is 18.1. The highest BCUT2D eigenvalue weighted by Crippen LogP contribution is 2.30. The summed E-state index contributed by atoms with van der Waals surface area (Å²) in [5.74, 6) is 0.310. The summed E-state index contributed by atoms with van der Waals surface area (Å²) in [6.45, 7) is 1.84. The van der Waals surface area contributed by atoms with Gasteiger partial charge in [0.05, 0.1) is 17.1 Å². The highest BCUT2D eigenvalue weighted by molar-refractivity contribution is 6.09. The molecule has 4 aromatic rings. The van der Waals surface area contributed by atoms with Gasteiger partial charge in [-0.2, -0.15) is 15.3 Å². The van der Waals surface area contributed by atoms with Gasteiger partial charge in [0.2, 0.25) is 0 Å². The average Bonchev–Trinajstić information content (AvgIpc) is 3.29. The molecule has 0 aliphatic heterocycles. The third-order valence-corrected chi connectivity index (χ3v) is 6.02. The Kier molecular flexibility index (Phi) is 6.98. The Morgan fingerprint density at radius 3 is 2.14 bits per heavy atom. The number of carbonyl (C=O) groups excluding carboxylic acids is 2. The molecule has 1 aliphatic rings. The molecule has 0 saturated heterocycles. The number of benzene rings is 3.